The third kappa shape index (κ3) is 1.82. The number of aromatic nitrogens is 4. The molecule has 0 unspecified atom stereocenters. The predicted molar refractivity (Wildman–Crippen MR) is 61.8 cm³/mol. The first-order chi connectivity index (χ1) is 7.09. The Labute approximate surface area is 101 Å². The molecule has 6 nitrogen and oxygen atoms in total. The van der Waals surface area contributed by atoms with Gasteiger partial charge < -0.3 is 10.7 Å². The zero-order chi connectivity index (χ0) is 11.0. The largest absolute Gasteiger partial charge is 0.381 e. The van der Waals surface area contributed by atoms with Gasteiger partial charge in [-0.25, -0.2) is 9.67 Å². The van der Waals surface area contributed by atoms with Gasteiger partial charge in [0.1, 0.15) is 4.47 Å². The van der Waals surface area contributed by atoms with Crippen LogP contribution in [0.1, 0.15) is 0 Å². The molecular weight excluding hydrogens is 330 g/mol. The number of anilines is 1. The SMILES string of the molecule is Nc1nn(-c2nc[nH]c(=O)c2Br)cc1Br. The maximum absolute atomic E-state index is 11.3. The lowest BCUT2D eigenvalue weighted by atomic mass is 10.6. The number of aromatic amines is 1. The second-order valence-electron chi connectivity index (χ2n) is 2.68. The maximum atomic E-state index is 11.3. The highest BCUT2D eigenvalue weighted by atomic mass is 79.9. The molecule has 0 radical (unpaired) electrons. The van der Waals surface area contributed by atoms with E-state index in [1.807, 2.05) is 0 Å². The summed E-state index contributed by atoms with van der Waals surface area (Å²) in [5.41, 5.74) is 5.29. The standard InChI is InChI=1S/C7H5Br2N5O/c8-3-1-14(13-5(3)10)6-4(9)7(15)12-2-11-6/h1-2H,(H2,10,13)(H,11,12,15). The van der Waals surface area contributed by atoms with Crippen molar-refractivity contribution < 1.29 is 0 Å². The summed E-state index contributed by atoms with van der Waals surface area (Å²) in [4.78, 5) is 17.7. The van der Waals surface area contributed by atoms with Crippen molar-refractivity contribution in [2.24, 2.45) is 0 Å². The fraction of sp³-hybridized carbons (Fsp3) is 0. The highest BCUT2D eigenvalue weighted by molar-refractivity contribution is 9.11. The van der Waals surface area contributed by atoms with Crippen LogP contribution in [-0.2, 0) is 0 Å². The molecule has 0 amide bonds. The Morgan fingerprint density at radius 2 is 2.20 bits per heavy atom. The van der Waals surface area contributed by atoms with Crippen molar-refractivity contribution in [3.63, 3.8) is 0 Å². The van der Waals surface area contributed by atoms with Crippen LogP contribution in [-0.4, -0.2) is 19.7 Å². The number of nitrogens with one attached hydrogen (secondary N) is 1. The molecule has 15 heavy (non-hydrogen) atoms. The molecule has 78 valence electrons. The Morgan fingerprint density at radius 3 is 2.80 bits per heavy atom. The third-order valence-corrected chi connectivity index (χ3v) is 3.02. The summed E-state index contributed by atoms with van der Waals surface area (Å²) in [5.74, 6) is 0.722. The van der Waals surface area contributed by atoms with Crippen molar-refractivity contribution in [3.05, 3.63) is 31.8 Å². The Bertz CT molecular complexity index is 541. The second kappa shape index (κ2) is 3.78. The Kier molecular flexibility index (Phi) is 2.61. The molecule has 2 aromatic heterocycles. The van der Waals surface area contributed by atoms with Crippen LogP contribution >= 0.6 is 31.9 Å². The molecule has 0 aliphatic carbocycles. The van der Waals surface area contributed by atoms with E-state index < -0.39 is 0 Å². The van der Waals surface area contributed by atoms with E-state index in [1.54, 1.807) is 6.20 Å². The molecule has 2 rings (SSSR count). The Balaban J connectivity index is 2.64. The van der Waals surface area contributed by atoms with Gasteiger partial charge in [-0.05, 0) is 31.9 Å². The van der Waals surface area contributed by atoms with Gasteiger partial charge in [0.2, 0.25) is 0 Å². The van der Waals surface area contributed by atoms with Crippen LogP contribution in [0.3, 0.4) is 0 Å². The van der Waals surface area contributed by atoms with Gasteiger partial charge >= 0.3 is 0 Å². The van der Waals surface area contributed by atoms with Crippen molar-refractivity contribution in [2.75, 3.05) is 5.73 Å². The van der Waals surface area contributed by atoms with E-state index in [2.05, 4.69) is 46.9 Å². The molecule has 2 aromatic rings. The van der Waals surface area contributed by atoms with Crippen LogP contribution in [0.5, 0.6) is 0 Å². The molecular formula is C7H5Br2N5O. The molecule has 0 aliphatic rings. The number of rotatable bonds is 1. The molecule has 0 aliphatic heterocycles. The first-order valence-corrected chi connectivity index (χ1v) is 5.42. The molecule has 0 spiro atoms. The minimum absolute atomic E-state index is 0.273. The number of hydrogen-bond acceptors (Lipinski definition) is 4. The van der Waals surface area contributed by atoms with E-state index in [0.717, 1.165) is 0 Å². The first-order valence-electron chi connectivity index (χ1n) is 3.84. The molecule has 0 bridgehead atoms. The lowest BCUT2D eigenvalue weighted by Crippen LogP contribution is -2.12. The van der Waals surface area contributed by atoms with Crippen LogP contribution in [0.25, 0.3) is 5.82 Å². The summed E-state index contributed by atoms with van der Waals surface area (Å²) in [5, 5.41) is 3.98. The van der Waals surface area contributed by atoms with Gasteiger partial charge in [-0.3, -0.25) is 4.79 Å². The van der Waals surface area contributed by atoms with E-state index in [1.165, 1.54) is 11.0 Å². The number of H-pyrrole nitrogens is 1. The van der Waals surface area contributed by atoms with Crippen LogP contribution in [0.15, 0.2) is 26.3 Å². The van der Waals surface area contributed by atoms with Crippen molar-refractivity contribution >= 4 is 37.7 Å². The quantitative estimate of drug-likeness (QED) is 0.816. The van der Waals surface area contributed by atoms with Crippen LogP contribution < -0.4 is 11.3 Å². The minimum Gasteiger partial charge on any atom is -0.381 e. The first kappa shape index (κ1) is 10.4. The maximum Gasteiger partial charge on any atom is 0.267 e. The zero-order valence-electron chi connectivity index (χ0n) is 7.24. The fourth-order valence-corrected chi connectivity index (χ4v) is 1.68. The van der Waals surface area contributed by atoms with Gasteiger partial charge in [0, 0.05) is 6.20 Å². The summed E-state index contributed by atoms with van der Waals surface area (Å²) in [7, 11) is 0. The van der Waals surface area contributed by atoms with Crippen LogP contribution in [0.4, 0.5) is 5.82 Å². The average Bonchev–Trinajstić information content (AvgIpc) is 2.51. The molecule has 0 saturated carbocycles. The van der Waals surface area contributed by atoms with Crippen molar-refractivity contribution in [3.8, 4) is 5.82 Å². The molecule has 8 heteroatoms. The number of nitrogen functional groups attached to an aromatic ring is 1. The lowest BCUT2D eigenvalue weighted by Gasteiger charge is -2.00. The van der Waals surface area contributed by atoms with Gasteiger partial charge in [0.05, 0.1) is 10.8 Å². The van der Waals surface area contributed by atoms with Crippen LogP contribution in [0, 0.1) is 0 Å². The zero-order valence-corrected chi connectivity index (χ0v) is 10.4. The van der Waals surface area contributed by atoms with Gasteiger partial charge in [0.15, 0.2) is 11.6 Å². The van der Waals surface area contributed by atoms with Crippen molar-refractivity contribution in [2.45, 2.75) is 0 Å². The number of halogens is 2. The molecule has 0 atom stereocenters. The number of nitrogens with zero attached hydrogens (tertiary/aromatic N) is 3. The van der Waals surface area contributed by atoms with E-state index in [4.69, 9.17) is 5.73 Å². The highest BCUT2D eigenvalue weighted by Gasteiger charge is 2.10. The van der Waals surface area contributed by atoms with Gasteiger partial charge in [-0.1, -0.05) is 0 Å². The summed E-state index contributed by atoms with van der Waals surface area (Å²) in [6.45, 7) is 0. The minimum atomic E-state index is -0.273. The fourth-order valence-electron chi connectivity index (χ4n) is 1.01. The van der Waals surface area contributed by atoms with E-state index in [0.29, 0.717) is 20.6 Å². The number of nitrogens with two attached hydrogens (primary N) is 1. The average molecular weight is 335 g/mol. The lowest BCUT2D eigenvalue weighted by molar-refractivity contribution is 0.832. The Morgan fingerprint density at radius 1 is 1.47 bits per heavy atom. The molecule has 2 heterocycles. The van der Waals surface area contributed by atoms with Crippen molar-refractivity contribution in [1.29, 1.82) is 0 Å². The van der Waals surface area contributed by atoms with E-state index >= 15 is 0 Å². The topological polar surface area (TPSA) is 89.6 Å². The van der Waals surface area contributed by atoms with Crippen LogP contribution in [0.2, 0.25) is 0 Å². The summed E-state index contributed by atoms with van der Waals surface area (Å²) < 4.78 is 2.37. The number of hydrogen-bond donors (Lipinski definition) is 2. The van der Waals surface area contributed by atoms with Crippen molar-refractivity contribution in [1.82, 2.24) is 19.7 Å². The summed E-state index contributed by atoms with van der Waals surface area (Å²) >= 11 is 6.35. The molecule has 3 N–H and O–H groups in total. The molecule has 0 aromatic carbocycles. The molecule has 0 saturated heterocycles. The Hall–Kier alpha value is -1.15. The summed E-state index contributed by atoms with van der Waals surface area (Å²) in [6, 6.07) is 0. The van der Waals surface area contributed by atoms with Gasteiger partial charge in [0.25, 0.3) is 5.56 Å². The van der Waals surface area contributed by atoms with Gasteiger partial charge in [-0.2, -0.15) is 0 Å². The molecule has 0 fully saturated rings. The normalized spacial score (nSPS) is 10.5. The highest BCUT2D eigenvalue weighted by Crippen LogP contribution is 2.20. The second-order valence-corrected chi connectivity index (χ2v) is 4.32. The third-order valence-electron chi connectivity index (χ3n) is 1.69. The monoisotopic (exact) mass is 333 g/mol. The van der Waals surface area contributed by atoms with E-state index in [9.17, 15) is 4.79 Å². The summed E-state index contributed by atoms with van der Waals surface area (Å²) in [6.07, 6.45) is 2.93. The van der Waals surface area contributed by atoms with Gasteiger partial charge in [-0.15, -0.1) is 5.10 Å². The smallest absolute Gasteiger partial charge is 0.267 e. The van der Waals surface area contributed by atoms with E-state index in [-0.39, 0.29) is 5.56 Å². The predicted octanol–water partition coefficient (Wildman–Crippen LogP) is 1.06.